The van der Waals surface area contributed by atoms with Gasteiger partial charge in [0.2, 0.25) is 16.0 Å². The van der Waals surface area contributed by atoms with Gasteiger partial charge in [0.15, 0.2) is 0 Å². The van der Waals surface area contributed by atoms with Gasteiger partial charge < -0.3 is 10.2 Å². The van der Waals surface area contributed by atoms with E-state index in [1.807, 2.05) is 43.7 Å². The van der Waals surface area contributed by atoms with E-state index in [9.17, 15) is 4.79 Å². The molecule has 0 bridgehead atoms. The summed E-state index contributed by atoms with van der Waals surface area (Å²) in [6.07, 6.45) is 6.14. The Kier molecular flexibility index (Phi) is 4.06. The fourth-order valence-corrected chi connectivity index (χ4v) is 4.25. The minimum absolute atomic E-state index is 0.0303. The van der Waals surface area contributed by atoms with Gasteiger partial charge in [0.05, 0.1) is 23.8 Å². The van der Waals surface area contributed by atoms with E-state index >= 15 is 0 Å². The number of nitrogens with zero attached hydrogens (tertiary/aromatic N) is 6. The number of hydrogen-bond donors (Lipinski definition) is 1. The first kappa shape index (κ1) is 17.2. The van der Waals surface area contributed by atoms with Crippen molar-refractivity contribution in [1.29, 1.82) is 0 Å². The Morgan fingerprint density at radius 2 is 2.07 bits per heavy atom. The molecule has 8 nitrogen and oxygen atoms in total. The molecule has 142 valence electrons. The summed E-state index contributed by atoms with van der Waals surface area (Å²) in [5, 5.41) is 13.3. The van der Waals surface area contributed by atoms with E-state index in [2.05, 4.69) is 20.5 Å². The molecule has 0 spiro atoms. The van der Waals surface area contributed by atoms with Crippen LogP contribution in [0.2, 0.25) is 5.02 Å². The van der Waals surface area contributed by atoms with E-state index in [1.54, 1.807) is 20.3 Å². The maximum Gasteiger partial charge on any atom is 0.249 e. The smallest absolute Gasteiger partial charge is 0.249 e. The van der Waals surface area contributed by atoms with E-state index in [0.717, 1.165) is 21.9 Å². The lowest BCUT2D eigenvalue weighted by molar-refractivity contribution is -0.117. The molecule has 1 unspecified atom stereocenters. The predicted octanol–water partition coefficient (Wildman–Crippen LogP) is 3.06. The molecule has 1 aromatic carbocycles. The van der Waals surface area contributed by atoms with E-state index in [0.29, 0.717) is 23.1 Å². The zero-order chi connectivity index (χ0) is 19.3. The summed E-state index contributed by atoms with van der Waals surface area (Å²) < 4.78 is 3.42. The number of halogens is 1. The van der Waals surface area contributed by atoms with Crippen LogP contribution in [0, 0.1) is 0 Å². The van der Waals surface area contributed by atoms with Crippen molar-refractivity contribution in [2.24, 2.45) is 7.05 Å². The molecule has 10 heteroatoms. The van der Waals surface area contributed by atoms with Crippen LogP contribution in [0.5, 0.6) is 0 Å². The highest BCUT2D eigenvalue weighted by atomic mass is 35.5. The largest absolute Gasteiger partial charge is 0.348 e. The summed E-state index contributed by atoms with van der Waals surface area (Å²) in [5.41, 5.74) is 2.63. The highest BCUT2D eigenvalue weighted by molar-refractivity contribution is 7.20. The van der Waals surface area contributed by atoms with Crippen LogP contribution in [0.25, 0.3) is 16.2 Å². The molecule has 1 fully saturated rings. The van der Waals surface area contributed by atoms with Crippen LogP contribution in [0.3, 0.4) is 0 Å². The lowest BCUT2D eigenvalue weighted by Crippen LogP contribution is -2.33. The fraction of sp³-hybridized carbons (Fsp3) is 0.222. The standard InChI is InChI=1S/C18H16ClN7OS/c1-24-9-13(8-20-24)25-7-6-14(16(25)27)21-17-23-26-10-15(22-18(26)28-17)11-2-4-12(19)5-3-11/h2-5,8-10,14H,6-7H2,1H3,(H,21,23). The van der Waals surface area contributed by atoms with Crippen molar-refractivity contribution in [3.05, 3.63) is 47.9 Å². The third-order valence-electron chi connectivity index (χ3n) is 4.69. The van der Waals surface area contributed by atoms with Gasteiger partial charge in [0.25, 0.3) is 0 Å². The highest BCUT2D eigenvalue weighted by Crippen LogP contribution is 2.28. The number of aryl methyl sites for hydroxylation is 1. The number of imidazole rings is 1. The van der Waals surface area contributed by atoms with Crippen LogP contribution in [-0.2, 0) is 11.8 Å². The summed E-state index contributed by atoms with van der Waals surface area (Å²) in [7, 11) is 1.84. The van der Waals surface area contributed by atoms with Crippen LogP contribution >= 0.6 is 22.9 Å². The van der Waals surface area contributed by atoms with Gasteiger partial charge in [0.1, 0.15) is 6.04 Å². The molecule has 1 saturated heterocycles. The number of nitrogens with one attached hydrogen (secondary N) is 1. The van der Waals surface area contributed by atoms with Crippen LogP contribution < -0.4 is 10.2 Å². The monoisotopic (exact) mass is 413 g/mol. The van der Waals surface area contributed by atoms with E-state index in [-0.39, 0.29) is 11.9 Å². The van der Waals surface area contributed by atoms with Crippen molar-refractivity contribution < 1.29 is 4.79 Å². The van der Waals surface area contributed by atoms with E-state index in [4.69, 9.17) is 11.6 Å². The predicted molar refractivity (Wildman–Crippen MR) is 109 cm³/mol. The Morgan fingerprint density at radius 3 is 2.79 bits per heavy atom. The van der Waals surface area contributed by atoms with Gasteiger partial charge in [-0.2, -0.15) is 5.10 Å². The number of fused-ring (bicyclic) bond motifs is 1. The zero-order valence-electron chi connectivity index (χ0n) is 14.9. The average molecular weight is 414 g/mol. The maximum absolute atomic E-state index is 12.7. The first-order valence-corrected chi connectivity index (χ1v) is 9.95. The second-order valence-electron chi connectivity index (χ2n) is 6.62. The molecule has 1 atom stereocenters. The lowest BCUT2D eigenvalue weighted by atomic mass is 10.2. The molecule has 1 aliphatic rings. The molecule has 1 amide bonds. The SMILES string of the molecule is Cn1cc(N2CCC(Nc3nn4cc(-c5ccc(Cl)cc5)nc4s3)C2=O)cn1. The van der Waals surface area contributed by atoms with Crippen molar-refractivity contribution >= 4 is 44.6 Å². The molecule has 4 aromatic rings. The third kappa shape index (κ3) is 3.02. The number of rotatable bonds is 4. The minimum Gasteiger partial charge on any atom is -0.348 e. The number of amides is 1. The van der Waals surface area contributed by atoms with Gasteiger partial charge >= 0.3 is 0 Å². The average Bonchev–Trinajstić information content (AvgIpc) is 3.41. The molecule has 5 rings (SSSR count). The molecule has 1 N–H and O–H groups in total. The number of benzene rings is 1. The number of carbonyl (C=O) groups is 1. The Balaban J connectivity index is 1.32. The van der Waals surface area contributed by atoms with Gasteiger partial charge in [0, 0.05) is 30.4 Å². The molecular weight excluding hydrogens is 398 g/mol. The number of hydrogen-bond acceptors (Lipinski definition) is 6. The van der Waals surface area contributed by atoms with Crippen LogP contribution in [0.1, 0.15) is 6.42 Å². The summed E-state index contributed by atoms with van der Waals surface area (Å²) in [6, 6.07) is 7.23. The quantitative estimate of drug-likeness (QED) is 0.556. The van der Waals surface area contributed by atoms with Crippen molar-refractivity contribution in [1.82, 2.24) is 24.4 Å². The van der Waals surface area contributed by atoms with Gasteiger partial charge in [-0.05, 0) is 18.6 Å². The number of aromatic nitrogens is 5. The second kappa shape index (κ2) is 6.61. The van der Waals surface area contributed by atoms with Gasteiger partial charge in [-0.15, -0.1) is 5.10 Å². The number of anilines is 2. The maximum atomic E-state index is 12.7. The normalized spacial score (nSPS) is 17.0. The van der Waals surface area contributed by atoms with E-state index in [1.165, 1.54) is 11.3 Å². The minimum atomic E-state index is -0.299. The Bertz CT molecular complexity index is 1130. The molecular formula is C18H16ClN7OS. The van der Waals surface area contributed by atoms with Gasteiger partial charge in [-0.3, -0.25) is 9.48 Å². The first-order chi connectivity index (χ1) is 13.6. The molecule has 0 radical (unpaired) electrons. The molecule has 1 aliphatic heterocycles. The fourth-order valence-electron chi connectivity index (χ4n) is 3.29. The molecule has 4 heterocycles. The second-order valence-corrected chi connectivity index (χ2v) is 8.01. The highest BCUT2D eigenvalue weighted by Gasteiger charge is 2.33. The Morgan fingerprint density at radius 1 is 1.25 bits per heavy atom. The summed E-state index contributed by atoms with van der Waals surface area (Å²) >= 11 is 7.36. The van der Waals surface area contributed by atoms with Crippen LogP contribution in [-0.4, -0.2) is 42.9 Å². The molecule has 3 aromatic heterocycles. The van der Waals surface area contributed by atoms with Gasteiger partial charge in [-0.25, -0.2) is 9.50 Å². The third-order valence-corrected chi connectivity index (χ3v) is 5.80. The van der Waals surface area contributed by atoms with Crippen LogP contribution in [0.15, 0.2) is 42.9 Å². The summed E-state index contributed by atoms with van der Waals surface area (Å²) in [4.78, 5) is 19.8. The Labute approximate surface area is 169 Å². The lowest BCUT2D eigenvalue weighted by Gasteiger charge is -2.14. The molecule has 0 saturated carbocycles. The molecule has 28 heavy (non-hydrogen) atoms. The van der Waals surface area contributed by atoms with Gasteiger partial charge in [-0.1, -0.05) is 35.1 Å². The van der Waals surface area contributed by atoms with Crippen molar-refractivity contribution in [2.75, 3.05) is 16.8 Å². The molecule has 0 aliphatic carbocycles. The Hall–Kier alpha value is -2.91. The van der Waals surface area contributed by atoms with E-state index < -0.39 is 0 Å². The topological polar surface area (TPSA) is 80.4 Å². The van der Waals surface area contributed by atoms with Crippen molar-refractivity contribution in [3.63, 3.8) is 0 Å². The summed E-state index contributed by atoms with van der Waals surface area (Å²) in [5.74, 6) is 0.0303. The summed E-state index contributed by atoms with van der Waals surface area (Å²) in [6.45, 7) is 0.658. The first-order valence-electron chi connectivity index (χ1n) is 8.75. The van der Waals surface area contributed by atoms with Crippen molar-refractivity contribution in [3.8, 4) is 11.3 Å². The zero-order valence-corrected chi connectivity index (χ0v) is 16.5. The number of carbonyl (C=O) groups excluding carboxylic acids is 1. The van der Waals surface area contributed by atoms with Crippen LogP contribution in [0.4, 0.5) is 10.8 Å². The van der Waals surface area contributed by atoms with Crippen molar-refractivity contribution in [2.45, 2.75) is 12.5 Å².